The maximum atomic E-state index is 12.5. The third-order valence-electron chi connectivity index (χ3n) is 3.50. The summed E-state index contributed by atoms with van der Waals surface area (Å²) in [5, 5.41) is 0. The molecule has 0 radical (unpaired) electrons. The summed E-state index contributed by atoms with van der Waals surface area (Å²) in [4.78, 5) is 14.8. The van der Waals surface area contributed by atoms with Gasteiger partial charge in [0.15, 0.2) is 5.78 Å². The summed E-state index contributed by atoms with van der Waals surface area (Å²) in [7, 11) is 0. The van der Waals surface area contributed by atoms with E-state index in [4.69, 9.17) is 0 Å². The highest BCUT2D eigenvalue weighted by atomic mass is 16.1. The number of Topliss-reactive ketones (excluding diaryl/α,β-unsaturated/α-hetero) is 1. The fourth-order valence-corrected chi connectivity index (χ4v) is 2.60. The number of benzene rings is 1. The Bertz CT molecular complexity index is 354. The molecule has 17 heavy (non-hydrogen) atoms. The van der Waals surface area contributed by atoms with Crippen molar-refractivity contribution in [1.29, 1.82) is 0 Å². The number of nitrogens with zero attached hydrogens (tertiary/aromatic N) is 1. The smallest absolute Gasteiger partial charge is 0.179 e. The Hall–Kier alpha value is -1.15. The van der Waals surface area contributed by atoms with E-state index in [2.05, 4.69) is 11.8 Å². The zero-order chi connectivity index (χ0) is 12.1. The van der Waals surface area contributed by atoms with Crippen LogP contribution in [0.4, 0.5) is 0 Å². The van der Waals surface area contributed by atoms with Crippen LogP contribution in [0.3, 0.4) is 0 Å². The molecule has 0 aromatic heterocycles. The summed E-state index contributed by atoms with van der Waals surface area (Å²) in [6.45, 7) is 4.33. The van der Waals surface area contributed by atoms with Crippen LogP contribution in [0.1, 0.15) is 43.0 Å². The molecule has 92 valence electrons. The molecule has 1 aliphatic rings. The molecule has 1 atom stereocenters. The van der Waals surface area contributed by atoms with Crippen LogP contribution in [0.5, 0.6) is 0 Å². The van der Waals surface area contributed by atoms with Crippen LogP contribution < -0.4 is 0 Å². The average molecular weight is 231 g/mol. The number of hydrogen-bond donors (Lipinski definition) is 0. The molecule has 1 fully saturated rings. The van der Waals surface area contributed by atoms with Crippen molar-refractivity contribution >= 4 is 5.78 Å². The molecule has 0 spiro atoms. The number of ketones is 1. The lowest BCUT2D eigenvalue weighted by molar-refractivity contribution is 0.0837. The first-order valence-electron chi connectivity index (χ1n) is 6.66. The molecule has 0 N–H and O–H groups in total. The van der Waals surface area contributed by atoms with Crippen molar-refractivity contribution in [3.63, 3.8) is 0 Å². The Kier molecular flexibility index (Phi) is 4.32. The highest BCUT2D eigenvalue weighted by molar-refractivity contribution is 6.00. The van der Waals surface area contributed by atoms with E-state index in [9.17, 15) is 4.79 Å². The SMILES string of the molecule is CCC[C@H](C(=O)c1ccccc1)N1CCCC1. The maximum Gasteiger partial charge on any atom is 0.179 e. The van der Waals surface area contributed by atoms with Crippen molar-refractivity contribution < 1.29 is 4.79 Å². The van der Waals surface area contributed by atoms with Gasteiger partial charge in [-0.05, 0) is 32.4 Å². The fraction of sp³-hybridized carbons (Fsp3) is 0.533. The zero-order valence-corrected chi connectivity index (χ0v) is 10.6. The molecule has 0 amide bonds. The zero-order valence-electron chi connectivity index (χ0n) is 10.6. The predicted molar refractivity (Wildman–Crippen MR) is 70.3 cm³/mol. The van der Waals surface area contributed by atoms with E-state index < -0.39 is 0 Å². The van der Waals surface area contributed by atoms with Gasteiger partial charge in [0, 0.05) is 5.56 Å². The van der Waals surface area contributed by atoms with Crippen molar-refractivity contribution in [2.45, 2.75) is 38.6 Å². The second kappa shape index (κ2) is 5.97. The van der Waals surface area contributed by atoms with Gasteiger partial charge in [0.1, 0.15) is 0 Å². The van der Waals surface area contributed by atoms with Crippen molar-refractivity contribution in [2.24, 2.45) is 0 Å². The number of rotatable bonds is 5. The second-order valence-corrected chi connectivity index (χ2v) is 4.78. The standard InChI is InChI=1S/C15H21NO/c1-2-8-14(16-11-6-7-12-16)15(17)13-9-4-3-5-10-13/h3-5,9-10,14H,2,6-8,11-12H2,1H3/t14-/m1/s1. The second-order valence-electron chi connectivity index (χ2n) is 4.78. The van der Waals surface area contributed by atoms with E-state index in [1.165, 1.54) is 12.8 Å². The third-order valence-corrected chi connectivity index (χ3v) is 3.50. The van der Waals surface area contributed by atoms with Crippen molar-refractivity contribution in [2.75, 3.05) is 13.1 Å². The van der Waals surface area contributed by atoms with Crippen molar-refractivity contribution in [3.05, 3.63) is 35.9 Å². The molecule has 2 nitrogen and oxygen atoms in total. The first-order valence-corrected chi connectivity index (χ1v) is 6.66. The Balaban J connectivity index is 2.12. The van der Waals surface area contributed by atoms with E-state index in [-0.39, 0.29) is 6.04 Å². The largest absolute Gasteiger partial charge is 0.293 e. The van der Waals surface area contributed by atoms with Crippen LogP contribution in [0.15, 0.2) is 30.3 Å². The first kappa shape index (κ1) is 12.3. The van der Waals surface area contributed by atoms with E-state index in [0.29, 0.717) is 5.78 Å². The van der Waals surface area contributed by atoms with E-state index in [1.54, 1.807) is 0 Å². The van der Waals surface area contributed by atoms with E-state index in [1.807, 2.05) is 30.3 Å². The Morgan fingerprint density at radius 1 is 1.24 bits per heavy atom. The van der Waals surface area contributed by atoms with Crippen molar-refractivity contribution in [1.82, 2.24) is 4.90 Å². The van der Waals surface area contributed by atoms with Crippen molar-refractivity contribution in [3.8, 4) is 0 Å². The normalized spacial score (nSPS) is 18.2. The molecule has 0 unspecified atom stereocenters. The number of likely N-dealkylation sites (tertiary alicyclic amines) is 1. The fourth-order valence-electron chi connectivity index (χ4n) is 2.60. The Labute approximate surface area is 104 Å². The third kappa shape index (κ3) is 2.95. The minimum absolute atomic E-state index is 0.102. The molecule has 0 bridgehead atoms. The van der Waals surface area contributed by atoms with Gasteiger partial charge in [-0.1, -0.05) is 43.7 Å². The summed E-state index contributed by atoms with van der Waals surface area (Å²) < 4.78 is 0. The maximum absolute atomic E-state index is 12.5. The molecule has 1 aliphatic heterocycles. The number of carbonyl (C=O) groups excluding carboxylic acids is 1. The molecule has 1 aromatic carbocycles. The van der Waals surface area contributed by atoms with Gasteiger partial charge >= 0.3 is 0 Å². The average Bonchev–Trinajstić information content (AvgIpc) is 2.90. The summed E-state index contributed by atoms with van der Waals surface area (Å²) in [5.74, 6) is 0.300. The Morgan fingerprint density at radius 2 is 1.88 bits per heavy atom. The van der Waals surface area contributed by atoms with Gasteiger partial charge in [0.2, 0.25) is 0 Å². The van der Waals surface area contributed by atoms with Crippen LogP contribution in [-0.2, 0) is 0 Å². The summed E-state index contributed by atoms with van der Waals surface area (Å²) in [6, 6.07) is 9.81. The lowest BCUT2D eigenvalue weighted by atomic mass is 9.99. The topological polar surface area (TPSA) is 20.3 Å². The highest BCUT2D eigenvalue weighted by Gasteiger charge is 2.27. The quantitative estimate of drug-likeness (QED) is 0.726. The highest BCUT2D eigenvalue weighted by Crippen LogP contribution is 2.19. The van der Waals surface area contributed by atoms with Crippen LogP contribution >= 0.6 is 0 Å². The lowest BCUT2D eigenvalue weighted by Gasteiger charge is -2.26. The van der Waals surface area contributed by atoms with Gasteiger partial charge < -0.3 is 0 Å². The van der Waals surface area contributed by atoms with Gasteiger partial charge in [-0.2, -0.15) is 0 Å². The van der Waals surface area contributed by atoms with E-state index >= 15 is 0 Å². The minimum Gasteiger partial charge on any atom is -0.293 e. The van der Waals surface area contributed by atoms with Gasteiger partial charge in [0.25, 0.3) is 0 Å². The Morgan fingerprint density at radius 3 is 2.47 bits per heavy atom. The molecular formula is C15H21NO. The lowest BCUT2D eigenvalue weighted by Crippen LogP contribution is -2.39. The number of carbonyl (C=O) groups is 1. The minimum atomic E-state index is 0.102. The predicted octanol–water partition coefficient (Wildman–Crippen LogP) is 3.13. The molecule has 2 heteroatoms. The van der Waals surface area contributed by atoms with Crippen LogP contribution in [-0.4, -0.2) is 29.8 Å². The van der Waals surface area contributed by atoms with Crippen LogP contribution in [0.25, 0.3) is 0 Å². The molecule has 1 heterocycles. The molecule has 0 aliphatic carbocycles. The van der Waals surface area contributed by atoms with Crippen LogP contribution in [0, 0.1) is 0 Å². The first-order chi connectivity index (χ1) is 8.33. The molecule has 1 aromatic rings. The summed E-state index contributed by atoms with van der Waals surface area (Å²) >= 11 is 0. The summed E-state index contributed by atoms with van der Waals surface area (Å²) in [6.07, 6.45) is 4.53. The summed E-state index contributed by atoms with van der Waals surface area (Å²) in [5.41, 5.74) is 0.859. The molecular weight excluding hydrogens is 210 g/mol. The van der Waals surface area contributed by atoms with Gasteiger partial charge in [-0.25, -0.2) is 0 Å². The van der Waals surface area contributed by atoms with Gasteiger partial charge in [0.05, 0.1) is 6.04 Å². The monoisotopic (exact) mass is 231 g/mol. The molecule has 1 saturated heterocycles. The molecule has 2 rings (SSSR count). The van der Waals surface area contributed by atoms with Gasteiger partial charge in [-0.15, -0.1) is 0 Å². The van der Waals surface area contributed by atoms with Gasteiger partial charge in [-0.3, -0.25) is 9.69 Å². The number of hydrogen-bond acceptors (Lipinski definition) is 2. The molecule has 0 saturated carbocycles. The van der Waals surface area contributed by atoms with E-state index in [0.717, 1.165) is 31.5 Å². The van der Waals surface area contributed by atoms with Crippen LogP contribution in [0.2, 0.25) is 0 Å².